The van der Waals surface area contributed by atoms with Crippen LogP contribution in [0.25, 0.3) is 10.9 Å². The highest BCUT2D eigenvalue weighted by molar-refractivity contribution is 5.87. The second kappa shape index (κ2) is 4.92. The van der Waals surface area contributed by atoms with E-state index in [0.717, 1.165) is 6.42 Å². The second-order valence-electron chi connectivity index (χ2n) is 6.60. The van der Waals surface area contributed by atoms with E-state index in [0.29, 0.717) is 30.2 Å². The van der Waals surface area contributed by atoms with Crippen molar-refractivity contribution < 1.29 is 0 Å². The number of terminal acetylenes is 1. The molecule has 1 heterocycles. The zero-order valence-corrected chi connectivity index (χ0v) is 12.8. The third-order valence-corrected chi connectivity index (χ3v) is 5.75. The maximum absolute atomic E-state index is 5.66. The first-order chi connectivity index (χ1) is 10.8. The van der Waals surface area contributed by atoms with Crippen molar-refractivity contribution in [2.75, 3.05) is 0 Å². The number of hydrogen-bond acceptors (Lipinski definition) is 0. The van der Waals surface area contributed by atoms with Gasteiger partial charge in [0.05, 0.1) is 6.54 Å². The average Bonchev–Trinajstić information content (AvgIpc) is 3.17. The Morgan fingerprint density at radius 2 is 2.00 bits per heavy atom. The minimum absolute atomic E-state index is 0.537. The molecule has 0 spiro atoms. The van der Waals surface area contributed by atoms with E-state index in [1.54, 1.807) is 0 Å². The number of fused-ring (bicyclic) bond motifs is 5. The first-order valence-electron chi connectivity index (χ1n) is 8.08. The first kappa shape index (κ1) is 13.5. The zero-order chi connectivity index (χ0) is 15.3. The molecule has 0 aliphatic heterocycles. The van der Waals surface area contributed by atoms with Crippen molar-refractivity contribution >= 4 is 10.9 Å². The van der Waals surface area contributed by atoms with Gasteiger partial charge < -0.3 is 4.57 Å². The summed E-state index contributed by atoms with van der Waals surface area (Å²) in [4.78, 5) is 0. The molecule has 0 saturated heterocycles. The van der Waals surface area contributed by atoms with E-state index in [9.17, 15) is 0 Å². The lowest BCUT2D eigenvalue weighted by molar-refractivity contribution is 0.431. The maximum Gasteiger partial charge on any atom is 0.0837 e. The van der Waals surface area contributed by atoms with Crippen LogP contribution in [0.15, 0.2) is 49.6 Å². The quantitative estimate of drug-likeness (QED) is 0.577. The number of para-hydroxylation sites is 1. The third-order valence-electron chi connectivity index (χ3n) is 5.75. The van der Waals surface area contributed by atoms with Crippen molar-refractivity contribution in [2.45, 2.75) is 25.3 Å². The Bertz CT molecular complexity index is 801. The van der Waals surface area contributed by atoms with E-state index >= 15 is 0 Å². The predicted octanol–water partition coefficient (Wildman–Crippen LogP) is 4.54. The highest BCUT2D eigenvalue weighted by atomic mass is 15.0. The fourth-order valence-electron chi connectivity index (χ4n) is 4.91. The van der Waals surface area contributed by atoms with E-state index in [1.165, 1.54) is 28.6 Å². The van der Waals surface area contributed by atoms with Gasteiger partial charge in [0.2, 0.25) is 0 Å². The molecule has 1 fully saturated rings. The Kier molecular flexibility index (Phi) is 3.01. The van der Waals surface area contributed by atoms with Gasteiger partial charge in [-0.1, -0.05) is 36.3 Å². The van der Waals surface area contributed by atoms with Crippen LogP contribution in [0.4, 0.5) is 0 Å². The fraction of sp³-hybridized carbons (Fsp3) is 0.333. The van der Waals surface area contributed by atoms with Crippen LogP contribution in [0.1, 0.15) is 23.6 Å². The molecule has 4 atom stereocenters. The van der Waals surface area contributed by atoms with Crippen molar-refractivity contribution in [3.05, 3.63) is 60.8 Å². The van der Waals surface area contributed by atoms with Crippen molar-refractivity contribution in [1.29, 1.82) is 0 Å². The lowest BCUT2D eigenvalue weighted by atomic mass is 9.89. The van der Waals surface area contributed by atoms with E-state index in [-0.39, 0.29) is 0 Å². The maximum atomic E-state index is 5.66. The summed E-state index contributed by atoms with van der Waals surface area (Å²) in [6.45, 7) is 8.81. The van der Waals surface area contributed by atoms with Gasteiger partial charge in [-0.3, -0.25) is 0 Å². The van der Waals surface area contributed by atoms with Gasteiger partial charge in [-0.15, -0.1) is 19.6 Å². The fourth-order valence-corrected chi connectivity index (χ4v) is 4.91. The molecular formula is C21H21N. The van der Waals surface area contributed by atoms with Crippen molar-refractivity contribution in [1.82, 2.24) is 4.57 Å². The summed E-state index contributed by atoms with van der Waals surface area (Å²) in [5.74, 6) is 5.20. The largest absolute Gasteiger partial charge is 0.332 e. The Hall–Kier alpha value is -2.20. The van der Waals surface area contributed by atoms with Crippen LogP contribution in [0.3, 0.4) is 0 Å². The smallest absolute Gasteiger partial charge is 0.0837 e. The van der Waals surface area contributed by atoms with Crippen LogP contribution in [0, 0.1) is 30.1 Å². The first-order valence-corrected chi connectivity index (χ1v) is 8.08. The molecule has 2 aromatic rings. The normalized spacial score (nSPS) is 29.0. The summed E-state index contributed by atoms with van der Waals surface area (Å²) in [6.07, 6.45) is 12.3. The number of aromatic nitrogens is 1. The summed E-state index contributed by atoms with van der Waals surface area (Å²) in [5, 5.41) is 1.38. The summed E-state index contributed by atoms with van der Waals surface area (Å²) in [7, 11) is 0. The minimum Gasteiger partial charge on any atom is -0.332 e. The number of hydrogen-bond donors (Lipinski definition) is 0. The SMILES string of the molecule is C#CCn1c2c(c3ccccc31)C[C@H]1[C@@H]2[C@H](C=C)C[C@@H]1C=C. The Morgan fingerprint density at radius 1 is 1.23 bits per heavy atom. The van der Waals surface area contributed by atoms with Crippen LogP contribution in [0.2, 0.25) is 0 Å². The van der Waals surface area contributed by atoms with Crippen LogP contribution in [-0.2, 0) is 13.0 Å². The van der Waals surface area contributed by atoms with Crippen molar-refractivity contribution in [2.24, 2.45) is 17.8 Å². The number of rotatable bonds is 3. The second-order valence-corrected chi connectivity index (χ2v) is 6.60. The molecule has 0 radical (unpaired) electrons. The minimum atomic E-state index is 0.537. The van der Waals surface area contributed by atoms with Crippen molar-refractivity contribution in [3.8, 4) is 12.3 Å². The zero-order valence-electron chi connectivity index (χ0n) is 12.8. The molecule has 4 rings (SSSR count). The number of benzene rings is 1. The standard InChI is InChI=1S/C21H21N/c1-4-11-22-19-10-8-7-9-16(19)18-13-17-14(5-2)12-15(6-3)20(17)21(18)22/h1,5-10,14-15,17,20H,2-3,11-13H2/t14-,15+,17+,20-/m0/s1. The number of allylic oxidation sites excluding steroid dienone is 2. The van der Waals surface area contributed by atoms with E-state index < -0.39 is 0 Å². The lowest BCUT2D eigenvalue weighted by Crippen LogP contribution is -2.13. The third kappa shape index (κ3) is 1.61. The predicted molar refractivity (Wildman–Crippen MR) is 92.7 cm³/mol. The molecule has 0 N–H and O–H groups in total. The number of nitrogens with zero attached hydrogens (tertiary/aromatic N) is 1. The van der Waals surface area contributed by atoms with Gasteiger partial charge in [0, 0.05) is 22.5 Å². The summed E-state index contributed by atoms with van der Waals surface area (Å²) in [6, 6.07) is 8.68. The molecule has 1 heteroatoms. The van der Waals surface area contributed by atoms with Crippen LogP contribution >= 0.6 is 0 Å². The molecule has 110 valence electrons. The van der Waals surface area contributed by atoms with Gasteiger partial charge in [0.15, 0.2) is 0 Å². The highest BCUT2D eigenvalue weighted by Gasteiger charge is 2.48. The lowest BCUT2D eigenvalue weighted by Gasteiger charge is -2.20. The topological polar surface area (TPSA) is 4.93 Å². The Labute approximate surface area is 132 Å². The molecule has 2 aliphatic rings. The molecule has 0 amide bonds. The van der Waals surface area contributed by atoms with Crippen LogP contribution in [-0.4, -0.2) is 4.57 Å². The molecule has 1 saturated carbocycles. The van der Waals surface area contributed by atoms with E-state index in [2.05, 4.69) is 60.1 Å². The monoisotopic (exact) mass is 287 g/mol. The molecule has 1 nitrogen and oxygen atoms in total. The molecular weight excluding hydrogens is 266 g/mol. The summed E-state index contributed by atoms with van der Waals surface area (Å²) >= 11 is 0. The molecule has 0 bridgehead atoms. The van der Waals surface area contributed by atoms with Gasteiger partial charge in [-0.25, -0.2) is 0 Å². The Balaban J connectivity index is 1.96. The van der Waals surface area contributed by atoms with Gasteiger partial charge >= 0.3 is 0 Å². The molecule has 22 heavy (non-hydrogen) atoms. The van der Waals surface area contributed by atoms with Crippen LogP contribution < -0.4 is 0 Å². The molecule has 2 aliphatic carbocycles. The molecule has 1 aromatic carbocycles. The highest BCUT2D eigenvalue weighted by Crippen LogP contribution is 2.57. The molecule has 0 unspecified atom stereocenters. The average molecular weight is 287 g/mol. The van der Waals surface area contributed by atoms with Gasteiger partial charge in [-0.2, -0.15) is 0 Å². The summed E-state index contributed by atoms with van der Waals surface area (Å²) in [5.41, 5.74) is 4.27. The Morgan fingerprint density at radius 3 is 2.73 bits per heavy atom. The van der Waals surface area contributed by atoms with Crippen molar-refractivity contribution in [3.63, 3.8) is 0 Å². The van der Waals surface area contributed by atoms with Gasteiger partial charge in [0.1, 0.15) is 0 Å². The summed E-state index contributed by atoms with van der Waals surface area (Å²) < 4.78 is 2.37. The van der Waals surface area contributed by atoms with E-state index in [4.69, 9.17) is 6.42 Å². The van der Waals surface area contributed by atoms with Gasteiger partial charge in [-0.05, 0) is 42.2 Å². The van der Waals surface area contributed by atoms with Gasteiger partial charge in [0.25, 0.3) is 0 Å². The van der Waals surface area contributed by atoms with Crippen LogP contribution in [0.5, 0.6) is 0 Å². The van der Waals surface area contributed by atoms with E-state index in [1.807, 2.05) is 0 Å². The molecule has 1 aromatic heterocycles.